The van der Waals surface area contributed by atoms with Crippen LogP contribution in [0.5, 0.6) is 0 Å². The molecule has 0 saturated heterocycles. The number of fused-ring (bicyclic) bond motifs is 2. The minimum Gasteiger partial charge on any atom is -0.396 e. The number of rotatable bonds is 4. The number of pyridine rings is 1. The number of aromatic nitrogens is 1. The zero-order valence-corrected chi connectivity index (χ0v) is 11.9. The molecule has 4 heteroatoms. The normalized spacial score (nSPS) is 10.4. The van der Waals surface area contributed by atoms with Crippen molar-refractivity contribution in [1.82, 2.24) is 4.98 Å². The Balaban J connectivity index is 0.00000147. The predicted molar refractivity (Wildman–Crippen MR) is 86.7 cm³/mol. The fourth-order valence-electron chi connectivity index (χ4n) is 2.32. The molecular weight excluding hydrogens is 272 g/mol. The van der Waals surface area contributed by atoms with E-state index < -0.39 is 0 Å². The third kappa shape index (κ3) is 2.69. The van der Waals surface area contributed by atoms with Crippen LogP contribution in [0.15, 0.2) is 48.5 Å². The molecule has 3 aromatic rings. The fourth-order valence-corrected chi connectivity index (χ4v) is 2.32. The number of anilines is 1. The lowest BCUT2D eigenvalue weighted by molar-refractivity contribution is 0.292. The number of hydrogen-bond acceptors (Lipinski definition) is 3. The zero-order valence-electron chi connectivity index (χ0n) is 11.0. The van der Waals surface area contributed by atoms with Crippen molar-refractivity contribution in [2.24, 2.45) is 0 Å². The Labute approximate surface area is 124 Å². The van der Waals surface area contributed by atoms with Gasteiger partial charge in [-0.3, -0.25) is 0 Å². The number of hydrogen-bond donors (Lipinski definition) is 2. The molecule has 2 aromatic carbocycles. The molecule has 3 nitrogen and oxygen atoms in total. The molecule has 0 aliphatic rings. The maximum absolute atomic E-state index is 8.92. The highest BCUT2D eigenvalue weighted by atomic mass is 35.5. The molecule has 1 aromatic heterocycles. The van der Waals surface area contributed by atoms with Crippen LogP contribution in [0.3, 0.4) is 0 Å². The van der Waals surface area contributed by atoms with Crippen LogP contribution in [0.1, 0.15) is 6.42 Å². The largest absolute Gasteiger partial charge is 0.396 e. The highest BCUT2D eigenvalue weighted by Gasteiger charge is 2.07. The van der Waals surface area contributed by atoms with E-state index in [2.05, 4.69) is 22.4 Å². The Kier molecular flexibility index (Phi) is 4.77. The summed E-state index contributed by atoms with van der Waals surface area (Å²) in [5.74, 6) is 0. The summed E-state index contributed by atoms with van der Waals surface area (Å²) < 4.78 is 0. The monoisotopic (exact) mass is 288 g/mol. The van der Waals surface area contributed by atoms with Gasteiger partial charge in [-0.2, -0.15) is 0 Å². The SMILES string of the molecule is Cl.OCCCNc1c2ccccc2nc2ccccc12. The first kappa shape index (κ1) is 14.6. The predicted octanol–water partition coefficient (Wildman–Crippen LogP) is 3.60. The summed E-state index contributed by atoms with van der Waals surface area (Å²) in [6, 6.07) is 16.3. The lowest BCUT2D eigenvalue weighted by atomic mass is 10.1. The summed E-state index contributed by atoms with van der Waals surface area (Å²) in [5.41, 5.74) is 3.09. The topological polar surface area (TPSA) is 45.1 Å². The molecule has 0 aliphatic heterocycles. The fraction of sp³-hybridized carbons (Fsp3) is 0.188. The van der Waals surface area contributed by atoms with Crippen molar-refractivity contribution in [1.29, 1.82) is 0 Å². The van der Waals surface area contributed by atoms with Crippen LogP contribution >= 0.6 is 12.4 Å². The number of aliphatic hydroxyl groups excluding tert-OH is 1. The van der Waals surface area contributed by atoms with Gasteiger partial charge >= 0.3 is 0 Å². The second-order valence-electron chi connectivity index (χ2n) is 4.53. The number of nitrogens with zero attached hydrogens (tertiary/aromatic N) is 1. The third-order valence-electron chi connectivity index (χ3n) is 3.22. The van der Waals surface area contributed by atoms with Crippen molar-refractivity contribution in [3.8, 4) is 0 Å². The van der Waals surface area contributed by atoms with E-state index in [1.54, 1.807) is 0 Å². The Morgan fingerprint density at radius 3 is 2.00 bits per heavy atom. The van der Waals surface area contributed by atoms with Crippen molar-refractivity contribution in [3.05, 3.63) is 48.5 Å². The molecule has 0 fully saturated rings. The van der Waals surface area contributed by atoms with Gasteiger partial charge in [0.05, 0.1) is 16.7 Å². The number of para-hydroxylation sites is 2. The van der Waals surface area contributed by atoms with E-state index >= 15 is 0 Å². The smallest absolute Gasteiger partial charge is 0.0730 e. The maximum atomic E-state index is 8.92. The Morgan fingerprint density at radius 1 is 0.900 bits per heavy atom. The molecular formula is C16H17ClN2O. The molecule has 0 radical (unpaired) electrons. The van der Waals surface area contributed by atoms with Gasteiger partial charge in [0.25, 0.3) is 0 Å². The Bertz CT molecular complexity index is 661. The van der Waals surface area contributed by atoms with Gasteiger partial charge in [0.1, 0.15) is 0 Å². The molecule has 3 rings (SSSR count). The number of aliphatic hydroxyl groups is 1. The van der Waals surface area contributed by atoms with Gasteiger partial charge in [-0.05, 0) is 18.6 Å². The van der Waals surface area contributed by atoms with Gasteiger partial charge in [-0.15, -0.1) is 12.4 Å². The summed E-state index contributed by atoms with van der Waals surface area (Å²) in [5, 5.41) is 14.6. The van der Waals surface area contributed by atoms with Gasteiger partial charge in [-0.25, -0.2) is 4.98 Å². The molecule has 0 amide bonds. The molecule has 0 saturated carbocycles. The van der Waals surface area contributed by atoms with E-state index in [-0.39, 0.29) is 19.0 Å². The van der Waals surface area contributed by atoms with Gasteiger partial charge in [0.15, 0.2) is 0 Å². The lowest BCUT2D eigenvalue weighted by Crippen LogP contribution is -2.05. The molecule has 2 N–H and O–H groups in total. The van der Waals surface area contributed by atoms with E-state index in [0.29, 0.717) is 0 Å². The second-order valence-corrected chi connectivity index (χ2v) is 4.53. The Hall–Kier alpha value is -1.84. The number of nitrogens with one attached hydrogen (secondary N) is 1. The molecule has 0 atom stereocenters. The van der Waals surface area contributed by atoms with Gasteiger partial charge in [0, 0.05) is 23.9 Å². The standard InChI is InChI=1S/C16H16N2O.ClH/c19-11-5-10-17-16-12-6-1-3-8-14(12)18-15-9-4-2-7-13(15)16;/h1-4,6-9,19H,5,10-11H2,(H,17,18);1H. The minimum atomic E-state index is 0. The summed E-state index contributed by atoms with van der Waals surface area (Å²) in [4.78, 5) is 4.68. The van der Waals surface area contributed by atoms with Crippen molar-refractivity contribution >= 4 is 39.9 Å². The van der Waals surface area contributed by atoms with Crippen molar-refractivity contribution in [2.75, 3.05) is 18.5 Å². The Morgan fingerprint density at radius 2 is 1.45 bits per heavy atom. The van der Waals surface area contributed by atoms with Crippen LogP contribution in [-0.2, 0) is 0 Å². The summed E-state index contributed by atoms with van der Waals surface area (Å²) in [6.45, 7) is 0.961. The van der Waals surface area contributed by atoms with Crippen LogP contribution in [0, 0.1) is 0 Å². The van der Waals surface area contributed by atoms with Crippen LogP contribution in [-0.4, -0.2) is 23.2 Å². The first-order valence-corrected chi connectivity index (χ1v) is 6.52. The average Bonchev–Trinajstić information content (AvgIpc) is 2.46. The third-order valence-corrected chi connectivity index (χ3v) is 3.22. The van der Waals surface area contributed by atoms with Gasteiger partial charge in [-0.1, -0.05) is 36.4 Å². The first-order chi connectivity index (χ1) is 9.40. The van der Waals surface area contributed by atoms with Gasteiger partial charge in [0.2, 0.25) is 0 Å². The molecule has 1 heterocycles. The average molecular weight is 289 g/mol. The molecule has 0 bridgehead atoms. The summed E-state index contributed by atoms with van der Waals surface area (Å²) >= 11 is 0. The summed E-state index contributed by atoms with van der Waals surface area (Å²) in [6.07, 6.45) is 0.741. The number of benzene rings is 2. The highest BCUT2D eigenvalue weighted by Crippen LogP contribution is 2.30. The summed E-state index contributed by atoms with van der Waals surface area (Å²) in [7, 11) is 0. The van der Waals surface area contributed by atoms with Crippen LogP contribution in [0.2, 0.25) is 0 Å². The van der Waals surface area contributed by atoms with E-state index in [9.17, 15) is 0 Å². The van der Waals surface area contributed by atoms with E-state index in [1.165, 1.54) is 0 Å². The molecule has 0 aliphatic carbocycles. The van der Waals surface area contributed by atoms with Crippen molar-refractivity contribution < 1.29 is 5.11 Å². The van der Waals surface area contributed by atoms with Crippen LogP contribution in [0.4, 0.5) is 5.69 Å². The quantitative estimate of drug-likeness (QED) is 0.569. The molecule has 104 valence electrons. The second kappa shape index (κ2) is 6.55. The lowest BCUT2D eigenvalue weighted by Gasteiger charge is -2.12. The number of halogens is 1. The van der Waals surface area contributed by atoms with Crippen molar-refractivity contribution in [2.45, 2.75) is 6.42 Å². The van der Waals surface area contributed by atoms with Crippen LogP contribution < -0.4 is 5.32 Å². The minimum absolute atomic E-state index is 0. The molecule has 20 heavy (non-hydrogen) atoms. The van der Waals surface area contributed by atoms with E-state index in [0.717, 1.165) is 40.5 Å². The molecule has 0 unspecified atom stereocenters. The van der Waals surface area contributed by atoms with Gasteiger partial charge < -0.3 is 10.4 Å². The van der Waals surface area contributed by atoms with Crippen LogP contribution in [0.25, 0.3) is 21.8 Å². The first-order valence-electron chi connectivity index (χ1n) is 6.52. The maximum Gasteiger partial charge on any atom is 0.0730 e. The van der Waals surface area contributed by atoms with Crippen molar-refractivity contribution in [3.63, 3.8) is 0 Å². The zero-order chi connectivity index (χ0) is 13.1. The molecule has 0 spiro atoms. The van der Waals surface area contributed by atoms with E-state index in [1.807, 2.05) is 36.4 Å². The highest BCUT2D eigenvalue weighted by molar-refractivity contribution is 6.07. The van der Waals surface area contributed by atoms with E-state index in [4.69, 9.17) is 5.11 Å².